The summed E-state index contributed by atoms with van der Waals surface area (Å²) in [6.07, 6.45) is 0.943. The number of rotatable bonds is 3. The van der Waals surface area contributed by atoms with Gasteiger partial charge in [-0.1, -0.05) is 43.8 Å². The average molecular weight is 352 g/mol. The first kappa shape index (κ1) is 15.7. The highest BCUT2D eigenvalue weighted by atomic mass is 32.2. The molecule has 2 heterocycles. The maximum absolute atomic E-state index is 4.79. The zero-order chi connectivity index (χ0) is 16.7. The minimum absolute atomic E-state index is 0.395. The van der Waals surface area contributed by atoms with Crippen LogP contribution in [0.1, 0.15) is 11.9 Å². The van der Waals surface area contributed by atoms with Gasteiger partial charge in [-0.3, -0.25) is 0 Å². The standard InChI is InChI=1S/C20H19N2S2/c1-13(2)10-20-21-15(12-23-20)14-8-9-19-17(11-14)22(3)16-6-4-5-7-18(16)24-19/h4-9,11-13H,1,10H2,2-3H3. The molecule has 3 aromatic rings. The van der Waals surface area contributed by atoms with Gasteiger partial charge in [-0.25, -0.2) is 4.98 Å². The van der Waals surface area contributed by atoms with Crippen LogP contribution in [0, 0.1) is 12.8 Å². The van der Waals surface area contributed by atoms with Gasteiger partial charge in [0.15, 0.2) is 0 Å². The second-order valence-electron chi connectivity index (χ2n) is 6.25. The van der Waals surface area contributed by atoms with E-state index in [1.807, 2.05) is 11.8 Å². The minimum atomic E-state index is 0.395. The molecule has 0 amide bonds. The molecule has 2 nitrogen and oxygen atoms in total. The molecule has 24 heavy (non-hydrogen) atoms. The van der Waals surface area contributed by atoms with Crippen LogP contribution in [0.5, 0.6) is 0 Å². The van der Waals surface area contributed by atoms with Gasteiger partial charge in [0.2, 0.25) is 0 Å². The number of thiazole rings is 1. The summed E-state index contributed by atoms with van der Waals surface area (Å²) in [4.78, 5) is 9.67. The molecular formula is C20H19N2S2. The number of benzene rings is 2. The Balaban J connectivity index is 1.70. The molecule has 0 aliphatic carbocycles. The third-order valence-corrected chi connectivity index (χ3v) is 6.14. The van der Waals surface area contributed by atoms with Crippen molar-refractivity contribution < 1.29 is 0 Å². The van der Waals surface area contributed by atoms with Gasteiger partial charge < -0.3 is 4.90 Å². The maximum Gasteiger partial charge on any atom is 0.0935 e. The first-order valence-electron chi connectivity index (χ1n) is 8.04. The molecule has 0 saturated heterocycles. The normalized spacial score (nSPS) is 13.1. The lowest BCUT2D eigenvalue weighted by Crippen LogP contribution is -2.14. The highest BCUT2D eigenvalue weighted by Crippen LogP contribution is 2.48. The van der Waals surface area contributed by atoms with Crippen LogP contribution in [0.15, 0.2) is 57.6 Å². The molecule has 4 rings (SSSR count). The van der Waals surface area contributed by atoms with Crippen molar-refractivity contribution in [3.63, 3.8) is 0 Å². The topological polar surface area (TPSA) is 16.1 Å². The van der Waals surface area contributed by atoms with E-state index in [0.29, 0.717) is 5.92 Å². The molecule has 0 bridgehead atoms. The Morgan fingerprint density at radius 2 is 1.92 bits per heavy atom. The number of fused-ring (bicyclic) bond motifs is 2. The zero-order valence-corrected chi connectivity index (χ0v) is 15.5. The summed E-state index contributed by atoms with van der Waals surface area (Å²) < 4.78 is 0. The highest BCUT2D eigenvalue weighted by molar-refractivity contribution is 7.99. The van der Waals surface area contributed by atoms with E-state index < -0.39 is 0 Å². The van der Waals surface area contributed by atoms with Gasteiger partial charge in [-0.2, -0.15) is 0 Å². The molecule has 4 heteroatoms. The van der Waals surface area contributed by atoms with Crippen LogP contribution in [-0.4, -0.2) is 12.0 Å². The summed E-state index contributed by atoms with van der Waals surface area (Å²) in [5.74, 6) is 0.395. The quantitative estimate of drug-likeness (QED) is 0.571. The number of para-hydroxylation sites is 1. The van der Waals surface area contributed by atoms with Gasteiger partial charge in [0.25, 0.3) is 0 Å². The van der Waals surface area contributed by atoms with Crippen molar-refractivity contribution in [3.8, 4) is 11.3 Å². The Morgan fingerprint density at radius 1 is 1.12 bits per heavy atom. The number of hydrogen-bond acceptors (Lipinski definition) is 4. The lowest BCUT2D eigenvalue weighted by molar-refractivity contribution is 0.715. The molecule has 1 aromatic heterocycles. The van der Waals surface area contributed by atoms with Crippen LogP contribution in [-0.2, 0) is 6.42 Å². The number of nitrogens with zero attached hydrogens (tertiary/aromatic N) is 2. The van der Waals surface area contributed by atoms with Crippen LogP contribution in [0.4, 0.5) is 11.4 Å². The molecule has 1 atom stereocenters. The summed E-state index contributed by atoms with van der Waals surface area (Å²) in [6, 6.07) is 15.2. The molecule has 0 N–H and O–H groups in total. The molecule has 1 radical (unpaired) electrons. The number of hydrogen-bond donors (Lipinski definition) is 0. The molecule has 121 valence electrons. The molecular weight excluding hydrogens is 332 g/mol. The van der Waals surface area contributed by atoms with Crippen molar-refractivity contribution >= 4 is 34.5 Å². The highest BCUT2D eigenvalue weighted by Gasteiger charge is 2.21. The van der Waals surface area contributed by atoms with E-state index in [1.165, 1.54) is 31.7 Å². The van der Waals surface area contributed by atoms with Gasteiger partial charge in [-0.15, -0.1) is 11.3 Å². The summed E-state index contributed by atoms with van der Waals surface area (Å²) >= 11 is 3.57. The fraction of sp³-hybridized carbons (Fsp3) is 0.200. The number of aromatic nitrogens is 1. The third-order valence-electron chi connectivity index (χ3n) is 4.14. The molecule has 1 aliphatic rings. The second-order valence-corrected chi connectivity index (χ2v) is 8.27. The van der Waals surface area contributed by atoms with E-state index in [4.69, 9.17) is 4.98 Å². The predicted molar refractivity (Wildman–Crippen MR) is 104 cm³/mol. The van der Waals surface area contributed by atoms with Gasteiger partial charge >= 0.3 is 0 Å². The molecule has 1 aliphatic heterocycles. The largest absolute Gasteiger partial charge is 0.343 e. The van der Waals surface area contributed by atoms with Crippen molar-refractivity contribution in [2.45, 2.75) is 23.1 Å². The zero-order valence-electron chi connectivity index (χ0n) is 13.8. The van der Waals surface area contributed by atoms with E-state index >= 15 is 0 Å². The second kappa shape index (κ2) is 6.26. The monoisotopic (exact) mass is 351 g/mol. The summed E-state index contributed by atoms with van der Waals surface area (Å²) in [6.45, 7) is 6.19. The fourth-order valence-corrected chi connectivity index (χ4v) is 5.03. The Labute approximate surface area is 151 Å². The minimum Gasteiger partial charge on any atom is -0.343 e. The van der Waals surface area contributed by atoms with Gasteiger partial charge in [-0.05, 0) is 30.2 Å². The Morgan fingerprint density at radius 3 is 2.75 bits per heavy atom. The summed E-state index contributed by atoms with van der Waals surface area (Å²) in [5, 5.41) is 3.32. The van der Waals surface area contributed by atoms with Gasteiger partial charge in [0.1, 0.15) is 0 Å². The lowest BCUT2D eigenvalue weighted by Gasteiger charge is -2.29. The van der Waals surface area contributed by atoms with E-state index in [2.05, 4.69) is 73.6 Å². The maximum atomic E-state index is 4.79. The number of anilines is 2. The van der Waals surface area contributed by atoms with Crippen LogP contribution in [0.25, 0.3) is 11.3 Å². The van der Waals surface area contributed by atoms with E-state index in [-0.39, 0.29) is 0 Å². The predicted octanol–water partition coefficient (Wildman–Crippen LogP) is 6.06. The molecule has 0 spiro atoms. The SMILES string of the molecule is [CH2]C(C)Cc1nc(-c2ccc3c(c2)N(C)c2ccccc2S3)cs1. The molecule has 2 aromatic carbocycles. The smallest absolute Gasteiger partial charge is 0.0935 e. The van der Waals surface area contributed by atoms with E-state index in [0.717, 1.165) is 12.1 Å². The van der Waals surface area contributed by atoms with E-state index in [1.54, 1.807) is 11.3 Å². The Bertz CT molecular complexity index is 883. The van der Waals surface area contributed by atoms with Crippen molar-refractivity contribution in [1.82, 2.24) is 4.98 Å². The molecule has 0 saturated carbocycles. The van der Waals surface area contributed by atoms with E-state index in [9.17, 15) is 0 Å². The van der Waals surface area contributed by atoms with Crippen LogP contribution in [0.3, 0.4) is 0 Å². The average Bonchev–Trinajstić information content (AvgIpc) is 3.02. The van der Waals surface area contributed by atoms with Crippen molar-refractivity contribution in [2.75, 3.05) is 11.9 Å². The van der Waals surface area contributed by atoms with Gasteiger partial charge in [0.05, 0.1) is 22.1 Å². The lowest BCUT2D eigenvalue weighted by atomic mass is 10.1. The molecule has 1 unspecified atom stereocenters. The van der Waals surface area contributed by atoms with Crippen molar-refractivity contribution in [1.29, 1.82) is 0 Å². The molecule has 0 fully saturated rings. The fourth-order valence-electron chi connectivity index (χ4n) is 2.93. The van der Waals surface area contributed by atoms with Crippen LogP contribution >= 0.6 is 23.1 Å². The Hall–Kier alpha value is -1.78. The summed E-state index contributed by atoms with van der Waals surface area (Å²) in [7, 11) is 2.14. The third kappa shape index (κ3) is 2.85. The van der Waals surface area contributed by atoms with Gasteiger partial charge in [0, 0.05) is 34.2 Å². The Kier molecular flexibility index (Phi) is 4.10. The first-order valence-corrected chi connectivity index (χ1v) is 9.74. The van der Waals surface area contributed by atoms with Crippen LogP contribution in [0.2, 0.25) is 0 Å². The van der Waals surface area contributed by atoms with Crippen molar-refractivity contribution in [3.05, 3.63) is 59.8 Å². The van der Waals surface area contributed by atoms with Crippen molar-refractivity contribution in [2.24, 2.45) is 5.92 Å². The van der Waals surface area contributed by atoms with Crippen LogP contribution < -0.4 is 4.90 Å². The first-order chi connectivity index (χ1) is 11.6. The summed E-state index contributed by atoms with van der Waals surface area (Å²) in [5.41, 5.74) is 4.75.